The number of hydrogen-bond acceptors (Lipinski definition) is 4. The van der Waals surface area contributed by atoms with Gasteiger partial charge in [0.1, 0.15) is 0 Å². The van der Waals surface area contributed by atoms with Gasteiger partial charge in [0.2, 0.25) is 5.91 Å². The van der Waals surface area contributed by atoms with Gasteiger partial charge < -0.3 is 5.32 Å². The molecule has 1 heterocycles. The van der Waals surface area contributed by atoms with Crippen LogP contribution >= 0.6 is 23.2 Å². The molecule has 0 aliphatic heterocycles. The number of halogens is 2. The Morgan fingerprint density at radius 3 is 2.58 bits per heavy atom. The molecule has 26 heavy (non-hydrogen) atoms. The molecule has 132 valence electrons. The third kappa shape index (κ3) is 3.38. The molecule has 2 N–H and O–H groups in total. The fourth-order valence-corrected chi connectivity index (χ4v) is 3.26. The summed E-state index contributed by atoms with van der Waals surface area (Å²) in [7, 11) is 0. The van der Waals surface area contributed by atoms with Crippen LogP contribution in [0.1, 0.15) is 17.9 Å². The number of carbonyl (C=O) groups excluding carboxylic acids is 1. The predicted octanol–water partition coefficient (Wildman–Crippen LogP) is 4.08. The topological polar surface area (TPSA) is 88.0 Å². The van der Waals surface area contributed by atoms with Gasteiger partial charge in [0.15, 0.2) is 5.82 Å². The molecule has 0 spiro atoms. The molecule has 0 radical (unpaired) electrons. The average molecular weight is 390 g/mol. The third-order valence-corrected chi connectivity index (χ3v) is 4.85. The zero-order chi connectivity index (χ0) is 18.3. The van der Waals surface area contributed by atoms with Gasteiger partial charge >= 0.3 is 5.76 Å². The highest BCUT2D eigenvalue weighted by Crippen LogP contribution is 2.48. The van der Waals surface area contributed by atoms with Crippen LogP contribution in [0.15, 0.2) is 51.8 Å². The number of nitrogens with one attached hydrogen (secondary N) is 2. The fourth-order valence-electron chi connectivity index (χ4n) is 2.96. The maximum absolute atomic E-state index is 12.6. The first-order valence-electron chi connectivity index (χ1n) is 7.93. The van der Waals surface area contributed by atoms with Crippen molar-refractivity contribution in [2.45, 2.75) is 12.3 Å². The number of anilines is 1. The number of benzene rings is 2. The smallest absolute Gasteiger partial charge is 0.325 e. The summed E-state index contributed by atoms with van der Waals surface area (Å²) >= 11 is 12.0. The lowest BCUT2D eigenvalue weighted by atomic mass is 10.1. The van der Waals surface area contributed by atoms with Crippen molar-refractivity contribution in [1.82, 2.24) is 10.1 Å². The lowest BCUT2D eigenvalue weighted by Crippen LogP contribution is -2.15. The summed E-state index contributed by atoms with van der Waals surface area (Å²) in [5, 5.41) is 7.67. The minimum Gasteiger partial charge on any atom is -0.325 e. The molecule has 2 aromatic carbocycles. The van der Waals surface area contributed by atoms with E-state index in [-0.39, 0.29) is 23.6 Å². The summed E-state index contributed by atoms with van der Waals surface area (Å²) in [6, 6.07) is 12.4. The maximum atomic E-state index is 12.6. The summed E-state index contributed by atoms with van der Waals surface area (Å²) in [5.41, 5.74) is 2.08. The second kappa shape index (κ2) is 6.63. The fraction of sp³-hybridized carbons (Fsp3) is 0.167. The highest BCUT2D eigenvalue weighted by atomic mass is 35.5. The summed E-state index contributed by atoms with van der Waals surface area (Å²) in [4.78, 5) is 26.3. The molecule has 0 bridgehead atoms. The standard InChI is InChI=1S/C18H13Cl2N3O3/c19-10-3-1-9(2-4-10)13-8-14(13)17(24)21-15-7-11(20)5-6-12(15)16-22-18(25)26-23-16/h1-7,13-14H,8H2,(H,21,24)(H,22,23,25)/t13-,14-/m0/s1. The lowest BCUT2D eigenvalue weighted by molar-refractivity contribution is -0.117. The van der Waals surface area contributed by atoms with Gasteiger partial charge in [0.25, 0.3) is 0 Å². The van der Waals surface area contributed by atoms with E-state index in [9.17, 15) is 9.59 Å². The van der Waals surface area contributed by atoms with Crippen LogP contribution in [0.5, 0.6) is 0 Å². The predicted molar refractivity (Wildman–Crippen MR) is 98.5 cm³/mol. The van der Waals surface area contributed by atoms with Crippen molar-refractivity contribution < 1.29 is 9.32 Å². The van der Waals surface area contributed by atoms with Crippen LogP contribution in [0.3, 0.4) is 0 Å². The Labute approximate surface area is 158 Å². The minimum atomic E-state index is -0.669. The monoisotopic (exact) mass is 389 g/mol. The summed E-state index contributed by atoms with van der Waals surface area (Å²) < 4.78 is 4.54. The number of H-pyrrole nitrogens is 1. The number of hydrogen-bond donors (Lipinski definition) is 2. The Balaban J connectivity index is 1.54. The maximum Gasteiger partial charge on any atom is 0.439 e. The molecule has 0 saturated heterocycles. The molecule has 8 heteroatoms. The van der Waals surface area contributed by atoms with Crippen LogP contribution in [0.4, 0.5) is 5.69 Å². The number of aromatic amines is 1. The molecule has 1 aliphatic carbocycles. The van der Waals surface area contributed by atoms with E-state index in [2.05, 4.69) is 20.0 Å². The van der Waals surface area contributed by atoms with E-state index >= 15 is 0 Å². The Bertz CT molecular complexity index is 1030. The number of rotatable bonds is 4. The molecule has 1 amide bonds. The number of nitrogens with zero attached hydrogens (tertiary/aromatic N) is 1. The van der Waals surface area contributed by atoms with E-state index in [0.29, 0.717) is 21.3 Å². The summed E-state index contributed by atoms with van der Waals surface area (Å²) in [6.45, 7) is 0. The first-order valence-corrected chi connectivity index (χ1v) is 8.69. The Morgan fingerprint density at radius 2 is 1.88 bits per heavy atom. The Hall–Kier alpha value is -2.57. The summed E-state index contributed by atoms with van der Waals surface area (Å²) in [5.74, 6) is -0.510. The van der Waals surface area contributed by atoms with Crippen molar-refractivity contribution >= 4 is 34.8 Å². The Morgan fingerprint density at radius 1 is 1.15 bits per heavy atom. The lowest BCUT2D eigenvalue weighted by Gasteiger charge is -2.10. The van der Waals surface area contributed by atoms with E-state index in [1.54, 1.807) is 18.2 Å². The molecule has 2 atom stereocenters. The van der Waals surface area contributed by atoms with Gasteiger partial charge in [0, 0.05) is 21.5 Å². The molecule has 1 aromatic heterocycles. The first-order chi connectivity index (χ1) is 12.5. The van der Waals surface area contributed by atoms with Crippen molar-refractivity contribution in [2.75, 3.05) is 5.32 Å². The van der Waals surface area contributed by atoms with E-state index < -0.39 is 5.76 Å². The van der Waals surface area contributed by atoms with Crippen molar-refractivity contribution in [1.29, 1.82) is 0 Å². The molecule has 0 unspecified atom stereocenters. The summed E-state index contributed by atoms with van der Waals surface area (Å²) in [6.07, 6.45) is 0.768. The molecular weight excluding hydrogens is 377 g/mol. The largest absolute Gasteiger partial charge is 0.439 e. The van der Waals surface area contributed by atoms with Crippen molar-refractivity contribution in [3.8, 4) is 11.4 Å². The number of amides is 1. The normalized spacial score (nSPS) is 18.5. The number of carbonyl (C=O) groups is 1. The highest BCUT2D eigenvalue weighted by Gasteiger charge is 2.44. The molecule has 4 rings (SSSR count). The molecule has 1 aliphatic rings. The third-order valence-electron chi connectivity index (χ3n) is 4.36. The van der Waals surface area contributed by atoms with Crippen LogP contribution in [-0.2, 0) is 4.79 Å². The van der Waals surface area contributed by atoms with Crippen LogP contribution in [-0.4, -0.2) is 16.0 Å². The van der Waals surface area contributed by atoms with Crippen LogP contribution < -0.4 is 11.1 Å². The van der Waals surface area contributed by atoms with Crippen LogP contribution in [0.2, 0.25) is 10.0 Å². The van der Waals surface area contributed by atoms with Crippen LogP contribution in [0, 0.1) is 5.92 Å². The minimum absolute atomic E-state index is 0.112. The second-order valence-electron chi connectivity index (χ2n) is 6.12. The van der Waals surface area contributed by atoms with Gasteiger partial charge in [-0.05, 0) is 48.2 Å². The van der Waals surface area contributed by atoms with E-state index in [1.807, 2.05) is 24.3 Å². The van der Waals surface area contributed by atoms with Gasteiger partial charge in [0.05, 0.1) is 5.69 Å². The molecule has 3 aromatic rings. The highest BCUT2D eigenvalue weighted by molar-refractivity contribution is 6.31. The molecule has 1 saturated carbocycles. The zero-order valence-electron chi connectivity index (χ0n) is 13.3. The number of aromatic nitrogens is 2. The van der Waals surface area contributed by atoms with E-state index in [4.69, 9.17) is 23.2 Å². The van der Waals surface area contributed by atoms with Gasteiger partial charge in [-0.1, -0.05) is 40.5 Å². The van der Waals surface area contributed by atoms with Gasteiger partial charge in [-0.25, -0.2) is 4.79 Å². The van der Waals surface area contributed by atoms with Crippen molar-refractivity contribution in [2.24, 2.45) is 5.92 Å². The van der Waals surface area contributed by atoms with Gasteiger partial charge in [-0.15, -0.1) is 0 Å². The SMILES string of the molecule is O=C(Nc1cc(Cl)ccc1-c1noc(=O)[nH]1)[C@H]1C[C@H]1c1ccc(Cl)cc1. The Kier molecular flexibility index (Phi) is 4.30. The van der Waals surface area contributed by atoms with E-state index in [1.165, 1.54) is 0 Å². The molecule has 6 nitrogen and oxygen atoms in total. The van der Waals surface area contributed by atoms with E-state index in [0.717, 1.165) is 12.0 Å². The molecule has 1 fully saturated rings. The second-order valence-corrected chi connectivity index (χ2v) is 7.00. The van der Waals surface area contributed by atoms with Gasteiger partial charge in [-0.2, -0.15) is 0 Å². The van der Waals surface area contributed by atoms with Crippen molar-refractivity contribution in [3.63, 3.8) is 0 Å². The van der Waals surface area contributed by atoms with Crippen molar-refractivity contribution in [3.05, 3.63) is 68.6 Å². The average Bonchev–Trinajstić information content (AvgIpc) is 3.30. The quantitative estimate of drug-likeness (QED) is 0.703. The first kappa shape index (κ1) is 16.9. The zero-order valence-corrected chi connectivity index (χ0v) is 14.8. The van der Waals surface area contributed by atoms with Crippen LogP contribution in [0.25, 0.3) is 11.4 Å². The van der Waals surface area contributed by atoms with Gasteiger partial charge in [-0.3, -0.25) is 14.3 Å². The molecular formula is C18H13Cl2N3O3.